The molecule has 102 valence electrons. The van der Waals surface area contributed by atoms with Crippen LogP contribution in [0, 0.1) is 5.41 Å². The third-order valence-corrected chi connectivity index (χ3v) is 4.12. The van der Waals surface area contributed by atoms with E-state index in [1.165, 1.54) is 11.4 Å². The van der Waals surface area contributed by atoms with Gasteiger partial charge in [0.25, 0.3) is 0 Å². The second kappa shape index (κ2) is 4.23. The number of fused-ring (bicyclic) bond motifs is 1. The standard InChI is InChI=1S/C15H21N3O/c1-15(2)8-13-12(14(19)9-15)5-7-18(13)10-11-4-6-16-17(11)3/h4-7,14,19H,8-10H2,1-3H3. The Hall–Kier alpha value is -1.55. The number of nitrogens with zero attached hydrogens (tertiary/aromatic N) is 3. The molecule has 1 N–H and O–H groups in total. The number of hydrogen-bond donors (Lipinski definition) is 1. The van der Waals surface area contributed by atoms with Crippen molar-refractivity contribution < 1.29 is 5.11 Å². The number of aliphatic hydroxyl groups is 1. The van der Waals surface area contributed by atoms with Gasteiger partial charge in [0.1, 0.15) is 0 Å². The molecule has 0 saturated carbocycles. The van der Waals surface area contributed by atoms with Crippen LogP contribution in [-0.4, -0.2) is 19.5 Å². The molecule has 19 heavy (non-hydrogen) atoms. The van der Waals surface area contributed by atoms with Crippen LogP contribution in [0.2, 0.25) is 0 Å². The third-order valence-electron chi connectivity index (χ3n) is 4.12. The Balaban J connectivity index is 1.95. The van der Waals surface area contributed by atoms with Crippen molar-refractivity contribution in [2.75, 3.05) is 0 Å². The molecule has 0 radical (unpaired) electrons. The van der Waals surface area contributed by atoms with E-state index in [0.29, 0.717) is 0 Å². The van der Waals surface area contributed by atoms with E-state index >= 15 is 0 Å². The van der Waals surface area contributed by atoms with Gasteiger partial charge in [0, 0.05) is 30.7 Å². The summed E-state index contributed by atoms with van der Waals surface area (Å²) < 4.78 is 4.15. The highest BCUT2D eigenvalue weighted by Gasteiger charge is 2.33. The molecule has 2 heterocycles. The molecule has 0 fully saturated rings. The molecule has 4 heteroatoms. The molecule has 0 aliphatic heterocycles. The maximum atomic E-state index is 10.3. The first-order valence-electron chi connectivity index (χ1n) is 6.79. The molecule has 0 saturated heterocycles. The van der Waals surface area contributed by atoms with Crippen LogP contribution in [0.5, 0.6) is 0 Å². The molecule has 1 unspecified atom stereocenters. The maximum absolute atomic E-state index is 10.3. The second-order valence-electron chi connectivity index (χ2n) is 6.35. The lowest BCUT2D eigenvalue weighted by molar-refractivity contribution is 0.0981. The Bertz CT molecular complexity index is 594. The van der Waals surface area contributed by atoms with Gasteiger partial charge < -0.3 is 9.67 Å². The van der Waals surface area contributed by atoms with Gasteiger partial charge in [-0.05, 0) is 30.4 Å². The Kier molecular flexibility index (Phi) is 2.78. The van der Waals surface area contributed by atoms with Crippen LogP contribution in [-0.2, 0) is 20.0 Å². The summed E-state index contributed by atoms with van der Waals surface area (Å²) in [6.45, 7) is 5.26. The number of rotatable bonds is 2. The zero-order chi connectivity index (χ0) is 13.6. The van der Waals surface area contributed by atoms with Crippen LogP contribution < -0.4 is 0 Å². The first kappa shape index (κ1) is 12.5. The van der Waals surface area contributed by atoms with Gasteiger partial charge in [0.2, 0.25) is 0 Å². The highest BCUT2D eigenvalue weighted by molar-refractivity contribution is 5.29. The van der Waals surface area contributed by atoms with Gasteiger partial charge in [0.15, 0.2) is 0 Å². The smallest absolute Gasteiger partial charge is 0.0812 e. The SMILES string of the molecule is Cn1nccc1Cn1ccc2c1CC(C)(C)CC2O. The number of hydrogen-bond acceptors (Lipinski definition) is 2. The van der Waals surface area contributed by atoms with Gasteiger partial charge in [-0.25, -0.2) is 0 Å². The fourth-order valence-electron chi connectivity index (χ4n) is 3.07. The van der Waals surface area contributed by atoms with Crippen molar-refractivity contribution in [3.8, 4) is 0 Å². The van der Waals surface area contributed by atoms with E-state index in [9.17, 15) is 5.11 Å². The zero-order valence-corrected chi connectivity index (χ0v) is 11.8. The third kappa shape index (κ3) is 2.21. The molecule has 4 nitrogen and oxygen atoms in total. The Labute approximate surface area is 113 Å². The van der Waals surface area contributed by atoms with Crippen molar-refractivity contribution in [1.82, 2.24) is 14.3 Å². The number of aliphatic hydroxyl groups excluding tert-OH is 1. The average Bonchev–Trinajstić information content (AvgIpc) is 2.87. The minimum atomic E-state index is -0.327. The van der Waals surface area contributed by atoms with E-state index in [1.54, 1.807) is 0 Å². The molecule has 0 aromatic carbocycles. The topological polar surface area (TPSA) is 43.0 Å². The first-order chi connectivity index (χ1) is 8.96. The van der Waals surface area contributed by atoms with E-state index < -0.39 is 0 Å². The molecular weight excluding hydrogens is 238 g/mol. The normalized spacial score (nSPS) is 21.4. The monoisotopic (exact) mass is 259 g/mol. The summed E-state index contributed by atoms with van der Waals surface area (Å²) in [7, 11) is 1.96. The number of aromatic nitrogens is 3. The summed E-state index contributed by atoms with van der Waals surface area (Å²) in [6, 6.07) is 4.10. The lowest BCUT2D eigenvalue weighted by Crippen LogP contribution is -2.27. The van der Waals surface area contributed by atoms with Crippen LogP contribution in [0.1, 0.15) is 43.3 Å². The van der Waals surface area contributed by atoms with Gasteiger partial charge in [-0.1, -0.05) is 13.8 Å². The molecule has 1 aliphatic rings. The summed E-state index contributed by atoms with van der Waals surface area (Å²) in [5.74, 6) is 0. The fourth-order valence-corrected chi connectivity index (χ4v) is 3.07. The van der Waals surface area contributed by atoms with Crippen molar-refractivity contribution in [2.45, 2.75) is 39.3 Å². The summed E-state index contributed by atoms with van der Waals surface area (Å²) >= 11 is 0. The molecule has 0 amide bonds. The largest absolute Gasteiger partial charge is 0.388 e. The van der Waals surface area contributed by atoms with E-state index in [4.69, 9.17) is 0 Å². The highest BCUT2D eigenvalue weighted by Crippen LogP contribution is 2.41. The summed E-state index contributed by atoms with van der Waals surface area (Å²) in [5, 5.41) is 14.5. The molecular formula is C15H21N3O. The fraction of sp³-hybridized carbons (Fsp3) is 0.533. The minimum Gasteiger partial charge on any atom is -0.388 e. The highest BCUT2D eigenvalue weighted by atomic mass is 16.3. The second-order valence-corrected chi connectivity index (χ2v) is 6.35. The summed E-state index contributed by atoms with van der Waals surface area (Å²) in [4.78, 5) is 0. The van der Waals surface area contributed by atoms with Crippen LogP contribution in [0.4, 0.5) is 0 Å². The van der Waals surface area contributed by atoms with Crippen LogP contribution in [0.3, 0.4) is 0 Å². The van der Waals surface area contributed by atoms with E-state index in [0.717, 1.165) is 24.9 Å². The first-order valence-corrected chi connectivity index (χ1v) is 6.79. The average molecular weight is 259 g/mol. The molecule has 3 rings (SSSR count). The zero-order valence-electron chi connectivity index (χ0n) is 11.8. The Morgan fingerprint density at radius 3 is 2.89 bits per heavy atom. The van der Waals surface area contributed by atoms with E-state index in [1.807, 2.05) is 24.0 Å². The summed E-state index contributed by atoms with van der Waals surface area (Å²) in [5.41, 5.74) is 3.71. The van der Waals surface area contributed by atoms with Gasteiger partial charge in [-0.3, -0.25) is 4.68 Å². The van der Waals surface area contributed by atoms with Crippen molar-refractivity contribution in [3.63, 3.8) is 0 Å². The predicted molar refractivity (Wildman–Crippen MR) is 73.8 cm³/mol. The van der Waals surface area contributed by atoms with Crippen molar-refractivity contribution in [2.24, 2.45) is 12.5 Å². The van der Waals surface area contributed by atoms with Gasteiger partial charge in [0.05, 0.1) is 18.3 Å². The number of aryl methyl sites for hydroxylation is 1. The van der Waals surface area contributed by atoms with Crippen molar-refractivity contribution in [1.29, 1.82) is 0 Å². The molecule has 1 atom stereocenters. The van der Waals surface area contributed by atoms with Crippen LogP contribution in [0.25, 0.3) is 0 Å². The Morgan fingerprint density at radius 2 is 2.21 bits per heavy atom. The maximum Gasteiger partial charge on any atom is 0.0812 e. The quantitative estimate of drug-likeness (QED) is 0.899. The van der Waals surface area contributed by atoms with Crippen molar-refractivity contribution >= 4 is 0 Å². The van der Waals surface area contributed by atoms with Crippen LogP contribution >= 0.6 is 0 Å². The summed E-state index contributed by atoms with van der Waals surface area (Å²) in [6.07, 6.45) is 5.44. The Morgan fingerprint density at radius 1 is 1.42 bits per heavy atom. The molecule has 0 bridgehead atoms. The van der Waals surface area contributed by atoms with Crippen molar-refractivity contribution in [3.05, 3.63) is 41.5 Å². The predicted octanol–water partition coefficient (Wildman–Crippen LogP) is 2.28. The molecule has 0 spiro atoms. The molecule has 1 aliphatic carbocycles. The minimum absolute atomic E-state index is 0.162. The van der Waals surface area contributed by atoms with Gasteiger partial charge in [-0.15, -0.1) is 0 Å². The lowest BCUT2D eigenvalue weighted by atomic mass is 9.75. The lowest BCUT2D eigenvalue weighted by Gasteiger charge is -2.34. The molecule has 2 aromatic heterocycles. The molecule has 2 aromatic rings. The van der Waals surface area contributed by atoms with Gasteiger partial charge >= 0.3 is 0 Å². The van der Waals surface area contributed by atoms with E-state index in [2.05, 4.69) is 35.8 Å². The van der Waals surface area contributed by atoms with Crippen LogP contribution in [0.15, 0.2) is 24.5 Å². The van der Waals surface area contributed by atoms with E-state index in [-0.39, 0.29) is 11.5 Å². The van der Waals surface area contributed by atoms with Gasteiger partial charge in [-0.2, -0.15) is 5.10 Å².